The Labute approximate surface area is 75.5 Å². The summed E-state index contributed by atoms with van der Waals surface area (Å²) in [6.45, 7) is 8.59. The lowest BCUT2D eigenvalue weighted by molar-refractivity contribution is -0.0995. The van der Waals surface area contributed by atoms with E-state index in [1.807, 2.05) is 13.8 Å². The van der Waals surface area contributed by atoms with E-state index in [-0.39, 0.29) is 0 Å². The number of hydrogen-bond acceptors (Lipinski definition) is 1. The fraction of sp³-hybridized carbons (Fsp3) is 1.00. The summed E-state index contributed by atoms with van der Waals surface area (Å²) in [7, 11) is 0. The van der Waals surface area contributed by atoms with Gasteiger partial charge in [-0.25, -0.2) is 0 Å². The van der Waals surface area contributed by atoms with Gasteiger partial charge in [0.15, 0.2) is 0 Å². The van der Waals surface area contributed by atoms with Crippen LogP contribution in [0.1, 0.15) is 40.5 Å². The van der Waals surface area contributed by atoms with Crippen LogP contribution < -0.4 is 0 Å². The van der Waals surface area contributed by atoms with Crippen molar-refractivity contribution in [2.24, 2.45) is 17.8 Å². The maximum absolute atomic E-state index is 5.64. The molecule has 3 fully saturated rings. The van der Waals surface area contributed by atoms with E-state index in [0.29, 0.717) is 11.7 Å². The molecule has 0 aromatic rings. The van der Waals surface area contributed by atoms with E-state index in [2.05, 4.69) is 13.8 Å². The predicted molar refractivity (Wildman–Crippen MR) is 50.0 cm³/mol. The van der Waals surface area contributed by atoms with Gasteiger partial charge >= 0.3 is 0 Å². The number of ether oxygens (including phenoxy) is 1. The van der Waals surface area contributed by atoms with Gasteiger partial charge in [0.25, 0.3) is 0 Å². The van der Waals surface area contributed by atoms with E-state index in [4.69, 9.17) is 4.74 Å². The van der Waals surface area contributed by atoms with Gasteiger partial charge in [-0.3, -0.25) is 0 Å². The van der Waals surface area contributed by atoms with Crippen LogP contribution in [-0.4, -0.2) is 11.7 Å². The highest BCUT2D eigenvalue weighted by molar-refractivity contribution is 5.21. The smallest absolute Gasteiger partial charge is 0.0981 e. The van der Waals surface area contributed by atoms with Gasteiger partial charge in [-0.15, -0.1) is 0 Å². The summed E-state index contributed by atoms with van der Waals surface area (Å²) in [5.41, 5.74) is 0.419. The maximum Gasteiger partial charge on any atom is 0.0981 e. The van der Waals surface area contributed by atoms with Crippen molar-refractivity contribution in [1.29, 1.82) is 0 Å². The van der Waals surface area contributed by atoms with Crippen LogP contribution in [-0.2, 0) is 4.74 Å². The minimum atomic E-state index is 0.419. The second-order valence-electron chi connectivity index (χ2n) is 4.42. The van der Waals surface area contributed by atoms with Crippen LogP contribution in [0.4, 0.5) is 0 Å². The molecular formula is C11H20O. The zero-order chi connectivity index (χ0) is 8.93. The van der Waals surface area contributed by atoms with Gasteiger partial charge in [0.1, 0.15) is 0 Å². The van der Waals surface area contributed by atoms with E-state index < -0.39 is 0 Å². The zero-order valence-corrected chi connectivity index (χ0v) is 8.63. The molecule has 0 N–H and O–H groups in total. The molecule has 5 atom stereocenters. The molecule has 12 heavy (non-hydrogen) atoms. The lowest BCUT2D eigenvalue weighted by Crippen LogP contribution is -2.57. The Balaban J connectivity index is 0.000000264. The first-order chi connectivity index (χ1) is 5.74. The summed E-state index contributed by atoms with van der Waals surface area (Å²) in [6.07, 6.45) is 3.45. The molecule has 0 amide bonds. The number of epoxide rings is 1. The average Bonchev–Trinajstić information content (AvgIpc) is 2.65. The van der Waals surface area contributed by atoms with Gasteiger partial charge in [-0.2, -0.15) is 0 Å². The Kier molecular flexibility index (Phi) is 1.76. The maximum atomic E-state index is 5.64. The Morgan fingerprint density at radius 1 is 1.25 bits per heavy atom. The van der Waals surface area contributed by atoms with Gasteiger partial charge < -0.3 is 4.74 Å². The minimum Gasteiger partial charge on any atom is -0.366 e. The third kappa shape index (κ3) is 0.783. The molecule has 2 saturated carbocycles. The van der Waals surface area contributed by atoms with E-state index >= 15 is 0 Å². The summed E-state index contributed by atoms with van der Waals surface area (Å²) < 4.78 is 5.64. The van der Waals surface area contributed by atoms with Crippen molar-refractivity contribution in [3.8, 4) is 0 Å². The topological polar surface area (TPSA) is 12.5 Å². The summed E-state index contributed by atoms with van der Waals surface area (Å²) in [5.74, 6) is 2.98. The van der Waals surface area contributed by atoms with E-state index in [1.165, 1.54) is 12.8 Å². The molecule has 5 unspecified atom stereocenters. The van der Waals surface area contributed by atoms with Crippen LogP contribution in [0.3, 0.4) is 0 Å². The number of fused-ring (bicyclic) bond motifs is 2. The van der Waals surface area contributed by atoms with Crippen LogP contribution in [0.15, 0.2) is 0 Å². The highest BCUT2D eigenvalue weighted by Gasteiger charge is 2.73. The Morgan fingerprint density at radius 3 is 2.08 bits per heavy atom. The molecule has 1 saturated heterocycles. The SMILES string of the molecule is CC.CC1CC2CC3(OC3C)C12. The van der Waals surface area contributed by atoms with Crippen molar-refractivity contribution in [2.45, 2.75) is 52.2 Å². The van der Waals surface area contributed by atoms with Gasteiger partial charge in [-0.1, -0.05) is 20.8 Å². The molecule has 0 aromatic heterocycles. The zero-order valence-electron chi connectivity index (χ0n) is 8.63. The van der Waals surface area contributed by atoms with Crippen LogP contribution in [0.5, 0.6) is 0 Å². The second-order valence-corrected chi connectivity index (χ2v) is 4.42. The Hall–Kier alpha value is -0.0400. The van der Waals surface area contributed by atoms with Gasteiger partial charge in [0.05, 0.1) is 11.7 Å². The molecule has 3 rings (SSSR count). The van der Waals surface area contributed by atoms with Gasteiger partial charge in [-0.05, 0) is 37.5 Å². The fourth-order valence-electron chi connectivity index (χ4n) is 3.37. The molecule has 70 valence electrons. The lowest BCUT2D eigenvalue weighted by atomic mass is 9.47. The van der Waals surface area contributed by atoms with Crippen LogP contribution in [0.25, 0.3) is 0 Å². The standard InChI is InChI=1S/C9H14O.C2H6/c1-5-3-7-4-9(8(5)7)6(2)10-9;1-2/h5-8H,3-4H2,1-2H3;1-2H3. The van der Waals surface area contributed by atoms with Gasteiger partial charge in [0, 0.05) is 0 Å². The molecule has 3 aliphatic rings. The Bertz CT molecular complexity index is 185. The molecule has 0 radical (unpaired) electrons. The number of hydrogen-bond donors (Lipinski definition) is 0. The van der Waals surface area contributed by atoms with Crippen molar-refractivity contribution in [3.05, 3.63) is 0 Å². The van der Waals surface area contributed by atoms with Crippen molar-refractivity contribution in [2.75, 3.05) is 0 Å². The molecule has 1 nitrogen and oxygen atoms in total. The largest absolute Gasteiger partial charge is 0.366 e. The summed E-state index contributed by atoms with van der Waals surface area (Å²) in [4.78, 5) is 0. The highest BCUT2D eigenvalue weighted by atomic mass is 16.6. The number of rotatable bonds is 0. The third-order valence-corrected chi connectivity index (χ3v) is 3.97. The predicted octanol–water partition coefficient (Wildman–Crippen LogP) is 2.85. The van der Waals surface area contributed by atoms with Crippen molar-refractivity contribution < 1.29 is 4.74 Å². The fourth-order valence-corrected chi connectivity index (χ4v) is 3.37. The van der Waals surface area contributed by atoms with Crippen LogP contribution in [0.2, 0.25) is 0 Å². The Morgan fingerprint density at radius 2 is 1.83 bits per heavy atom. The third-order valence-electron chi connectivity index (χ3n) is 3.97. The first kappa shape index (κ1) is 8.55. The van der Waals surface area contributed by atoms with Crippen molar-refractivity contribution in [1.82, 2.24) is 0 Å². The lowest BCUT2D eigenvalue weighted by Gasteiger charge is -2.56. The van der Waals surface area contributed by atoms with Crippen LogP contribution >= 0.6 is 0 Å². The molecular weight excluding hydrogens is 148 g/mol. The van der Waals surface area contributed by atoms with Gasteiger partial charge in [0.2, 0.25) is 0 Å². The molecule has 1 spiro atoms. The van der Waals surface area contributed by atoms with E-state index in [9.17, 15) is 0 Å². The monoisotopic (exact) mass is 168 g/mol. The summed E-state index contributed by atoms with van der Waals surface area (Å²) in [6, 6.07) is 0. The second kappa shape index (κ2) is 2.47. The average molecular weight is 168 g/mol. The first-order valence-electron chi connectivity index (χ1n) is 5.42. The van der Waals surface area contributed by atoms with Crippen molar-refractivity contribution >= 4 is 0 Å². The molecule has 1 heteroatoms. The minimum absolute atomic E-state index is 0.419. The molecule has 0 bridgehead atoms. The van der Waals surface area contributed by atoms with Crippen LogP contribution in [0, 0.1) is 17.8 Å². The molecule has 2 aliphatic carbocycles. The van der Waals surface area contributed by atoms with Crippen molar-refractivity contribution in [3.63, 3.8) is 0 Å². The summed E-state index contributed by atoms with van der Waals surface area (Å²) in [5, 5.41) is 0. The normalized spacial score (nSPS) is 59.0. The molecule has 1 heterocycles. The molecule has 0 aromatic carbocycles. The summed E-state index contributed by atoms with van der Waals surface area (Å²) >= 11 is 0. The highest BCUT2D eigenvalue weighted by Crippen LogP contribution is 2.69. The van der Waals surface area contributed by atoms with E-state index in [1.54, 1.807) is 0 Å². The van der Waals surface area contributed by atoms with E-state index in [0.717, 1.165) is 17.8 Å². The first-order valence-corrected chi connectivity index (χ1v) is 5.42. The molecule has 1 aliphatic heterocycles. The quantitative estimate of drug-likeness (QED) is 0.507.